The normalized spacial score (nSPS) is 9.65. The first-order valence-electron chi connectivity index (χ1n) is 15.8. The van der Waals surface area contributed by atoms with Crippen LogP contribution in [-0.4, -0.2) is 78.1 Å². The van der Waals surface area contributed by atoms with E-state index in [1.165, 1.54) is 82.4 Å². The number of ether oxygens (including phenoxy) is 1. The predicted molar refractivity (Wildman–Crippen MR) is 199 cm³/mol. The van der Waals surface area contributed by atoms with E-state index in [1.54, 1.807) is 36.4 Å². The molecule has 0 saturated carbocycles. The molecule has 0 atom stereocenters. The summed E-state index contributed by atoms with van der Waals surface area (Å²) in [5.41, 5.74) is 14.3. The van der Waals surface area contributed by atoms with Gasteiger partial charge in [-0.3, -0.25) is 14.4 Å². The SMILES string of the molecule is Nc1c(C(=O)c2cccc(O)c2)cnn1-c1ccc(F)cc1.Nc1c(C(=O)c2cccc(OCCO)c2)cnn1-c1ccc(F)cc1.O=CO[O-].OCCBr.[H-].[K+].[K+]. The minimum Gasteiger partial charge on any atom is -1.00 e. The van der Waals surface area contributed by atoms with Gasteiger partial charge in [0.05, 0.1) is 48.1 Å². The van der Waals surface area contributed by atoms with Crippen molar-refractivity contribution in [2.24, 2.45) is 0 Å². The molecule has 6 rings (SSSR count). The van der Waals surface area contributed by atoms with Crippen molar-refractivity contribution < 1.29 is 158 Å². The van der Waals surface area contributed by atoms with Crippen LogP contribution in [0.5, 0.6) is 11.5 Å². The number of halogens is 3. The van der Waals surface area contributed by atoms with Gasteiger partial charge in [-0.15, -0.1) is 0 Å². The summed E-state index contributed by atoms with van der Waals surface area (Å²) in [6.07, 6.45) is 2.73. The minimum atomic E-state index is -0.370. The summed E-state index contributed by atoms with van der Waals surface area (Å²) in [6, 6.07) is 23.8. The van der Waals surface area contributed by atoms with Crippen LogP contribution in [0.25, 0.3) is 11.4 Å². The molecule has 0 amide bonds. The number of nitrogens with two attached hydrogens (primary N) is 2. The molecule has 0 fully saturated rings. The number of hydrogen-bond donors (Lipinski definition) is 5. The average molecular weight is 904 g/mol. The monoisotopic (exact) mass is 902 g/mol. The van der Waals surface area contributed by atoms with Crippen LogP contribution in [0, 0.1) is 11.6 Å². The van der Waals surface area contributed by atoms with E-state index in [1.807, 2.05) is 0 Å². The van der Waals surface area contributed by atoms with Gasteiger partial charge in [-0.1, -0.05) is 40.2 Å². The third-order valence-corrected chi connectivity index (χ3v) is 7.29. The third-order valence-electron chi connectivity index (χ3n) is 6.93. The molecule has 0 aliphatic carbocycles. The van der Waals surface area contributed by atoms with Crippen LogP contribution in [0.3, 0.4) is 0 Å². The first-order valence-corrected chi connectivity index (χ1v) is 16.9. The van der Waals surface area contributed by atoms with Crippen LogP contribution in [0.1, 0.15) is 33.3 Å². The zero-order chi connectivity index (χ0) is 40.3. The summed E-state index contributed by atoms with van der Waals surface area (Å²) in [7, 11) is 0. The smallest absolute Gasteiger partial charge is 1.00 e. The number of phenols is 1. The molecule has 290 valence electrons. The Bertz CT molecular complexity index is 2160. The van der Waals surface area contributed by atoms with Crippen molar-refractivity contribution in [2.45, 2.75) is 0 Å². The molecule has 0 bridgehead atoms. The topological polar surface area (TPSA) is 241 Å². The summed E-state index contributed by atoms with van der Waals surface area (Å²) in [4.78, 5) is 36.4. The number of aromatic nitrogens is 4. The number of carbonyl (C=O) groups excluding carboxylic acids is 3. The van der Waals surface area contributed by atoms with Crippen molar-refractivity contribution in [1.29, 1.82) is 0 Å². The number of rotatable bonds is 11. The largest absolute Gasteiger partial charge is 1.00 e. The van der Waals surface area contributed by atoms with Gasteiger partial charge in [-0.2, -0.15) is 10.2 Å². The van der Waals surface area contributed by atoms with Crippen molar-refractivity contribution in [3.63, 3.8) is 0 Å². The fourth-order valence-electron chi connectivity index (χ4n) is 4.49. The molecule has 0 spiro atoms. The minimum absolute atomic E-state index is 0. The second-order valence-electron chi connectivity index (χ2n) is 10.6. The van der Waals surface area contributed by atoms with Crippen molar-refractivity contribution in [2.75, 3.05) is 36.6 Å². The summed E-state index contributed by atoms with van der Waals surface area (Å²) in [5.74, 6) is -0.601. The van der Waals surface area contributed by atoms with Gasteiger partial charge in [0.2, 0.25) is 0 Å². The van der Waals surface area contributed by atoms with E-state index >= 15 is 0 Å². The number of aliphatic hydroxyl groups is 2. The van der Waals surface area contributed by atoms with Gasteiger partial charge in [-0.25, -0.2) is 18.1 Å². The van der Waals surface area contributed by atoms with Gasteiger partial charge in [0.1, 0.15) is 41.4 Å². The number of aromatic hydroxyl groups is 1. The van der Waals surface area contributed by atoms with Crippen molar-refractivity contribution >= 4 is 45.6 Å². The van der Waals surface area contributed by atoms with E-state index in [4.69, 9.17) is 36.5 Å². The Labute approximate surface area is 420 Å². The van der Waals surface area contributed by atoms with E-state index in [-0.39, 0.29) is 182 Å². The van der Waals surface area contributed by atoms with E-state index in [0.717, 1.165) is 0 Å². The molecule has 0 saturated heterocycles. The Morgan fingerprint density at radius 1 is 0.772 bits per heavy atom. The molecule has 4 aromatic carbocycles. The first kappa shape index (κ1) is 51.8. The second-order valence-corrected chi connectivity index (χ2v) is 11.4. The molecule has 15 nitrogen and oxygen atoms in total. The van der Waals surface area contributed by atoms with Crippen molar-refractivity contribution in [1.82, 2.24) is 19.6 Å². The van der Waals surface area contributed by atoms with Gasteiger partial charge in [0.25, 0.3) is 6.47 Å². The van der Waals surface area contributed by atoms with Gasteiger partial charge in [-0.05, 0) is 72.8 Å². The number of aliphatic hydroxyl groups excluding tert-OH is 2. The molecule has 57 heavy (non-hydrogen) atoms. The number of phenolic OH excluding ortho intramolecular Hbond substituents is 1. The van der Waals surface area contributed by atoms with Crippen molar-refractivity contribution in [3.05, 3.63) is 143 Å². The maximum atomic E-state index is 13.0. The predicted octanol–water partition coefficient (Wildman–Crippen LogP) is -2.35. The number of alkyl halides is 1. The van der Waals surface area contributed by atoms with Crippen LogP contribution in [0.4, 0.5) is 20.4 Å². The van der Waals surface area contributed by atoms with E-state index in [0.29, 0.717) is 33.6 Å². The Hall–Kier alpha value is -3.20. The number of hydrogen-bond acceptors (Lipinski definition) is 13. The fraction of sp³-hybridized carbons (Fsp3) is 0.108. The fourth-order valence-corrected chi connectivity index (χ4v) is 4.49. The summed E-state index contributed by atoms with van der Waals surface area (Å²) >= 11 is 3.00. The van der Waals surface area contributed by atoms with E-state index in [9.17, 15) is 23.5 Å². The van der Waals surface area contributed by atoms with E-state index < -0.39 is 0 Å². The molecule has 20 heteroatoms. The maximum Gasteiger partial charge on any atom is 1.00 e. The standard InChI is InChI=1S/C18H16FN3O3.C16H12FN3O2.C2H5BrO.CH2O3.2K.H/c19-13-4-6-14(7-5-13)22-18(20)16(11-21-22)17(24)12-2-1-3-15(10-12)25-9-8-23;17-11-4-6-12(7-5-11)20-16(18)14(9-19-20)15(22)10-2-1-3-13(21)8-10;3-1-2-4;2-1-4-3;;;/h1-7,10-11,23H,8-9,20H2;1-9,21H,18H2;4H,1-2H2;1,3H;;;/q;;;;2*+1;-1/p-1. The summed E-state index contributed by atoms with van der Waals surface area (Å²) in [6.45, 7) is 0.0812. The molecular formula is C37H35BrF2K2N6O9. The number of carbonyl (C=O) groups is 3. The first-order chi connectivity index (χ1) is 26.5. The van der Waals surface area contributed by atoms with Gasteiger partial charge >= 0.3 is 103 Å². The number of anilines is 2. The molecule has 2 aromatic heterocycles. The quantitative estimate of drug-likeness (QED) is 0.0229. The second kappa shape index (κ2) is 27.5. The third kappa shape index (κ3) is 15.8. The Balaban J connectivity index is 0.000000910. The van der Waals surface area contributed by atoms with Gasteiger partial charge in [0, 0.05) is 16.5 Å². The zero-order valence-electron chi connectivity index (χ0n) is 31.7. The number of ketones is 2. The molecule has 0 aliphatic rings. The van der Waals surface area contributed by atoms with Crippen LogP contribution < -0.4 is 124 Å². The average Bonchev–Trinajstić information content (AvgIpc) is 3.79. The molecule has 6 aromatic rings. The molecule has 7 N–H and O–H groups in total. The van der Waals surface area contributed by atoms with Crippen LogP contribution >= 0.6 is 15.9 Å². The Morgan fingerprint density at radius 2 is 1.19 bits per heavy atom. The van der Waals surface area contributed by atoms with Crippen LogP contribution in [0.2, 0.25) is 0 Å². The zero-order valence-corrected chi connectivity index (χ0v) is 38.5. The van der Waals surface area contributed by atoms with Crippen molar-refractivity contribution in [3.8, 4) is 22.9 Å². The Kier molecular flexibility index (Phi) is 25.0. The summed E-state index contributed by atoms with van der Waals surface area (Å²) < 4.78 is 34.0. The molecular weight excluding hydrogens is 869 g/mol. The molecule has 0 unspecified atom stereocenters. The van der Waals surface area contributed by atoms with Gasteiger partial charge in [0.15, 0.2) is 11.6 Å². The molecule has 2 heterocycles. The van der Waals surface area contributed by atoms with Crippen LogP contribution in [-0.2, 0) is 9.68 Å². The number of benzene rings is 4. The number of nitrogens with zero attached hydrogens (tertiary/aromatic N) is 4. The molecule has 0 radical (unpaired) electrons. The molecule has 0 aliphatic heterocycles. The van der Waals surface area contributed by atoms with E-state index in [2.05, 4.69) is 31.0 Å². The Morgan fingerprint density at radius 3 is 1.58 bits per heavy atom. The van der Waals surface area contributed by atoms with Gasteiger partial charge < -0.3 is 43.1 Å². The number of nitrogen functional groups attached to an aromatic ring is 2. The summed E-state index contributed by atoms with van der Waals surface area (Å²) in [5, 5.41) is 43.4. The maximum absolute atomic E-state index is 13.0. The van der Waals surface area contributed by atoms with Crippen LogP contribution in [0.15, 0.2) is 109 Å².